The molecule has 0 aliphatic carbocycles. The van der Waals surface area contributed by atoms with Crippen LogP contribution in [0.25, 0.3) is 0 Å². The largest absolute Gasteiger partial charge is 0.394 e. The second-order valence-electron chi connectivity index (χ2n) is 2.87. The Morgan fingerprint density at radius 3 is 0.619 bits per heavy atom. The Balaban J connectivity index is -0.0000000533. The van der Waals surface area contributed by atoms with Crippen LogP contribution in [0.5, 0.6) is 0 Å². The third kappa shape index (κ3) is 96.6. The smallest absolute Gasteiger partial charge is 0.0693 e. The first-order chi connectivity index (χ1) is 9.66. The van der Waals surface area contributed by atoms with Gasteiger partial charge in [0, 0.05) is 54.6 Å². The molecule has 0 aromatic heterocycles. The van der Waals surface area contributed by atoms with Crippen molar-refractivity contribution in [3.63, 3.8) is 0 Å². The van der Waals surface area contributed by atoms with Crippen LogP contribution in [0.2, 0.25) is 0 Å². The Hall–Kier alpha value is 0.563. The van der Waals surface area contributed by atoms with Crippen molar-refractivity contribution in [2.45, 2.75) is 0 Å². The molecule has 0 amide bonds. The summed E-state index contributed by atoms with van der Waals surface area (Å²) >= 11 is 0. The van der Waals surface area contributed by atoms with Crippen molar-refractivity contribution in [2.24, 2.45) is 0 Å². The van der Waals surface area contributed by atoms with E-state index in [-0.39, 0.29) is 52.6 Å². The zero-order valence-electron chi connectivity index (χ0n) is 13.6. The maximum Gasteiger partial charge on any atom is 0.0693 e. The average Bonchev–Trinajstić information content (AvgIpc) is 2.44. The summed E-state index contributed by atoms with van der Waals surface area (Å²) in [6, 6.07) is 0. The molecular formula is C12H32O8Zr. The van der Waals surface area contributed by atoms with Gasteiger partial charge in [-0.2, -0.15) is 0 Å². The molecule has 0 aromatic carbocycles. The summed E-state index contributed by atoms with van der Waals surface area (Å²) in [6.45, 7) is 2.26. The summed E-state index contributed by atoms with van der Waals surface area (Å²) in [5, 5.41) is 31.8. The number of aliphatic hydroxyl groups is 4. The molecule has 21 heavy (non-hydrogen) atoms. The molecule has 8 nitrogen and oxygen atoms in total. The second kappa shape index (κ2) is 49.9. The molecule has 0 saturated carbocycles. The molecular weight excluding hydrogens is 363 g/mol. The minimum atomic E-state index is 0. The molecule has 0 fully saturated rings. The van der Waals surface area contributed by atoms with Gasteiger partial charge in [-0.25, -0.2) is 0 Å². The van der Waals surface area contributed by atoms with Crippen molar-refractivity contribution in [1.82, 2.24) is 0 Å². The van der Waals surface area contributed by atoms with Crippen LogP contribution < -0.4 is 0 Å². The molecule has 0 spiro atoms. The Bertz CT molecular complexity index is 79.3. The molecule has 9 heteroatoms. The van der Waals surface area contributed by atoms with Gasteiger partial charge in [-0.1, -0.05) is 0 Å². The third-order valence-electron chi connectivity index (χ3n) is 1.18. The van der Waals surface area contributed by atoms with Gasteiger partial charge in [0.15, 0.2) is 0 Å². The van der Waals surface area contributed by atoms with Gasteiger partial charge in [0.25, 0.3) is 0 Å². The van der Waals surface area contributed by atoms with Gasteiger partial charge in [0.1, 0.15) is 0 Å². The summed E-state index contributed by atoms with van der Waals surface area (Å²) in [6.07, 6.45) is 0. The van der Waals surface area contributed by atoms with E-state index < -0.39 is 0 Å². The molecule has 0 aromatic rings. The third-order valence-corrected chi connectivity index (χ3v) is 1.18. The Morgan fingerprint density at radius 2 is 0.619 bits per heavy atom. The van der Waals surface area contributed by atoms with Crippen LogP contribution >= 0.6 is 0 Å². The van der Waals surface area contributed by atoms with Gasteiger partial charge in [0.05, 0.1) is 52.9 Å². The summed E-state index contributed by atoms with van der Waals surface area (Å²) in [4.78, 5) is 0. The zero-order chi connectivity index (χ0) is 16.5. The number of methoxy groups -OCH3 is 4. The summed E-state index contributed by atoms with van der Waals surface area (Å²) in [5.74, 6) is 0. The fourth-order valence-electron chi connectivity index (χ4n) is 0.365. The molecule has 0 radical (unpaired) electrons. The molecule has 0 aliphatic rings. The van der Waals surface area contributed by atoms with Gasteiger partial charge >= 0.3 is 0 Å². The quantitative estimate of drug-likeness (QED) is 0.392. The molecule has 0 atom stereocenters. The molecule has 0 bridgehead atoms. The first-order valence-corrected chi connectivity index (χ1v) is 6.05. The van der Waals surface area contributed by atoms with Crippen molar-refractivity contribution in [3.05, 3.63) is 0 Å². The summed E-state index contributed by atoms with van der Waals surface area (Å²) in [5.41, 5.74) is 0. The van der Waals surface area contributed by atoms with Crippen LogP contribution in [0.15, 0.2) is 0 Å². The zero-order valence-corrected chi connectivity index (χ0v) is 16.0. The fourth-order valence-corrected chi connectivity index (χ4v) is 0.365. The van der Waals surface area contributed by atoms with E-state index in [2.05, 4.69) is 18.9 Å². The van der Waals surface area contributed by atoms with Gasteiger partial charge in [-0.05, 0) is 0 Å². The van der Waals surface area contributed by atoms with E-state index in [1.807, 2.05) is 0 Å². The number of hydrogen-bond acceptors (Lipinski definition) is 8. The second-order valence-corrected chi connectivity index (χ2v) is 2.87. The van der Waals surface area contributed by atoms with Crippen LogP contribution in [0.4, 0.5) is 0 Å². The summed E-state index contributed by atoms with van der Waals surface area (Å²) < 4.78 is 17.8. The van der Waals surface area contributed by atoms with Gasteiger partial charge in [-0.3, -0.25) is 0 Å². The minimum absolute atomic E-state index is 0. The maximum absolute atomic E-state index is 7.94. The number of hydrogen-bond donors (Lipinski definition) is 4. The van der Waals surface area contributed by atoms with Crippen molar-refractivity contribution in [2.75, 3.05) is 81.3 Å². The van der Waals surface area contributed by atoms with Crippen LogP contribution in [-0.2, 0) is 45.2 Å². The Morgan fingerprint density at radius 1 is 0.476 bits per heavy atom. The van der Waals surface area contributed by atoms with E-state index in [0.717, 1.165) is 0 Å². The van der Waals surface area contributed by atoms with Gasteiger partial charge < -0.3 is 39.4 Å². The van der Waals surface area contributed by atoms with Gasteiger partial charge in [-0.15, -0.1) is 0 Å². The fraction of sp³-hybridized carbons (Fsp3) is 1.00. The standard InChI is InChI=1S/4C3H8O2.Zr/c4*1-5-3-2-4;/h4*4H,2-3H2,1H3;. The topological polar surface area (TPSA) is 118 Å². The Labute approximate surface area is 147 Å². The molecule has 0 aliphatic heterocycles. The number of ether oxygens (including phenoxy) is 4. The molecule has 132 valence electrons. The van der Waals surface area contributed by atoms with Crippen molar-refractivity contribution in [1.29, 1.82) is 0 Å². The first kappa shape index (κ1) is 33.2. The summed E-state index contributed by atoms with van der Waals surface area (Å²) in [7, 11) is 6.21. The molecule has 0 heterocycles. The normalized spacial score (nSPS) is 8.00. The predicted molar refractivity (Wildman–Crippen MR) is 75.8 cm³/mol. The van der Waals surface area contributed by atoms with Crippen molar-refractivity contribution >= 4 is 0 Å². The van der Waals surface area contributed by atoms with Crippen LogP contribution in [0.1, 0.15) is 0 Å². The van der Waals surface area contributed by atoms with Crippen molar-refractivity contribution in [3.8, 4) is 0 Å². The van der Waals surface area contributed by atoms with E-state index in [9.17, 15) is 0 Å². The molecule has 0 saturated heterocycles. The average molecular weight is 396 g/mol. The van der Waals surface area contributed by atoms with Gasteiger partial charge in [0.2, 0.25) is 0 Å². The van der Waals surface area contributed by atoms with Crippen molar-refractivity contribution < 1.29 is 65.6 Å². The minimum Gasteiger partial charge on any atom is -0.394 e. The monoisotopic (exact) mass is 394 g/mol. The maximum atomic E-state index is 7.94. The molecule has 0 unspecified atom stereocenters. The van der Waals surface area contributed by atoms with E-state index >= 15 is 0 Å². The van der Waals surface area contributed by atoms with E-state index in [0.29, 0.717) is 26.4 Å². The van der Waals surface area contributed by atoms with E-state index in [4.69, 9.17) is 20.4 Å². The predicted octanol–water partition coefficient (Wildman–Crippen LogP) is -1.50. The van der Waals surface area contributed by atoms with Crippen LogP contribution in [-0.4, -0.2) is 102 Å². The number of aliphatic hydroxyl groups excluding tert-OH is 4. The molecule has 0 rings (SSSR count). The first-order valence-electron chi connectivity index (χ1n) is 6.05. The van der Waals surface area contributed by atoms with E-state index in [1.54, 1.807) is 28.4 Å². The van der Waals surface area contributed by atoms with Crippen LogP contribution in [0.3, 0.4) is 0 Å². The van der Waals surface area contributed by atoms with E-state index in [1.165, 1.54) is 0 Å². The Kier molecular flexibility index (Phi) is 78.9. The van der Waals surface area contributed by atoms with Crippen LogP contribution in [0, 0.1) is 0 Å². The number of rotatable bonds is 8. The molecule has 4 N–H and O–H groups in total. The SMILES string of the molecule is COCCO.COCCO.COCCO.COCCO.[Zr].